The summed E-state index contributed by atoms with van der Waals surface area (Å²) < 4.78 is 0. The van der Waals surface area contributed by atoms with Crippen LogP contribution >= 0.6 is 0 Å². The van der Waals surface area contributed by atoms with Gasteiger partial charge in [0.25, 0.3) is 0 Å². The maximum Gasteiger partial charge on any atom is 0.0681 e. The molecule has 1 nitrogen and oxygen atoms in total. The first-order chi connectivity index (χ1) is 8.05. The molecular weight excluding hydrogens is 208 g/mol. The van der Waals surface area contributed by atoms with Gasteiger partial charge in [0, 0.05) is 0 Å². The lowest BCUT2D eigenvalue weighted by atomic mass is 9.45. The van der Waals surface area contributed by atoms with Crippen molar-refractivity contribution < 1.29 is 5.11 Å². The van der Waals surface area contributed by atoms with Crippen molar-refractivity contribution in [2.75, 3.05) is 0 Å². The van der Waals surface area contributed by atoms with E-state index in [1.54, 1.807) is 12.8 Å². The van der Waals surface area contributed by atoms with Gasteiger partial charge in [0.05, 0.1) is 5.60 Å². The summed E-state index contributed by atoms with van der Waals surface area (Å²) in [5, 5.41) is 10.7. The van der Waals surface area contributed by atoms with Crippen LogP contribution in [-0.2, 0) is 0 Å². The molecule has 1 N–H and O–H groups in total. The van der Waals surface area contributed by atoms with Crippen molar-refractivity contribution >= 4 is 0 Å². The molecule has 0 aliphatic heterocycles. The summed E-state index contributed by atoms with van der Waals surface area (Å²) in [6, 6.07) is 0. The first-order valence-corrected chi connectivity index (χ1v) is 7.77. The van der Waals surface area contributed by atoms with Crippen molar-refractivity contribution in [1.29, 1.82) is 0 Å². The van der Waals surface area contributed by atoms with Crippen LogP contribution in [0, 0.1) is 46.8 Å². The van der Waals surface area contributed by atoms with Crippen LogP contribution < -0.4 is 0 Å². The van der Waals surface area contributed by atoms with E-state index in [4.69, 9.17) is 0 Å². The van der Waals surface area contributed by atoms with Gasteiger partial charge in [-0.1, -0.05) is 13.8 Å². The van der Waals surface area contributed by atoms with Crippen LogP contribution in [0.3, 0.4) is 0 Å². The summed E-state index contributed by atoms with van der Waals surface area (Å²) in [5.74, 6) is 6.96. The minimum atomic E-state index is -0.297. The fourth-order valence-electron chi connectivity index (χ4n) is 6.67. The van der Waals surface area contributed by atoms with E-state index in [0.717, 1.165) is 48.3 Å². The first kappa shape index (κ1) is 9.83. The second kappa shape index (κ2) is 2.48. The van der Waals surface area contributed by atoms with Crippen molar-refractivity contribution in [2.24, 2.45) is 46.8 Å². The maximum atomic E-state index is 10.7. The molecule has 1 spiro atoms. The lowest BCUT2D eigenvalue weighted by molar-refractivity contribution is -0.206. The monoisotopic (exact) mass is 232 g/mol. The number of fused-ring (bicyclic) bond motifs is 5. The summed E-state index contributed by atoms with van der Waals surface area (Å²) in [7, 11) is 0. The first-order valence-electron chi connectivity index (χ1n) is 7.77. The molecule has 0 aromatic carbocycles. The molecule has 2 bridgehead atoms. The molecule has 94 valence electrons. The molecule has 0 aromatic heterocycles. The normalized spacial score (nSPS) is 69.9. The Kier molecular flexibility index (Phi) is 1.43. The van der Waals surface area contributed by atoms with Crippen molar-refractivity contribution in [2.45, 2.75) is 51.6 Å². The highest BCUT2D eigenvalue weighted by molar-refractivity contribution is 5.27. The third-order valence-corrected chi connectivity index (χ3v) is 7.61. The third kappa shape index (κ3) is 0.926. The van der Waals surface area contributed by atoms with Gasteiger partial charge in [-0.2, -0.15) is 0 Å². The molecule has 6 unspecified atom stereocenters. The zero-order valence-electron chi connectivity index (χ0n) is 11.0. The van der Waals surface area contributed by atoms with Crippen LogP contribution in [0.5, 0.6) is 0 Å². The molecule has 0 aromatic rings. The molecule has 17 heavy (non-hydrogen) atoms. The highest BCUT2D eigenvalue weighted by Crippen LogP contribution is 2.84. The van der Waals surface area contributed by atoms with E-state index in [0.29, 0.717) is 11.3 Å². The summed E-state index contributed by atoms with van der Waals surface area (Å²) in [5.41, 5.74) is 0.333. The van der Waals surface area contributed by atoms with Crippen molar-refractivity contribution in [3.8, 4) is 0 Å². The smallest absolute Gasteiger partial charge is 0.0681 e. The second-order valence-corrected chi connectivity index (χ2v) is 8.44. The lowest BCUT2D eigenvalue weighted by Crippen LogP contribution is -2.61. The average molecular weight is 232 g/mol. The molecule has 5 rings (SSSR count). The summed E-state index contributed by atoms with van der Waals surface area (Å²) in [6.07, 6.45) is 6.95. The van der Waals surface area contributed by atoms with Crippen LogP contribution in [0.4, 0.5) is 0 Å². The highest BCUT2D eigenvalue weighted by Gasteiger charge is 2.79. The van der Waals surface area contributed by atoms with Crippen LogP contribution in [0.15, 0.2) is 0 Å². The lowest BCUT2D eigenvalue weighted by Gasteiger charge is -2.62. The van der Waals surface area contributed by atoms with E-state index in [1.165, 1.54) is 6.42 Å². The molecule has 0 amide bonds. The minimum Gasteiger partial charge on any atom is -0.390 e. The van der Waals surface area contributed by atoms with E-state index in [9.17, 15) is 5.11 Å². The molecule has 5 fully saturated rings. The van der Waals surface area contributed by atoms with E-state index in [-0.39, 0.29) is 5.60 Å². The fraction of sp³-hybridized carbons (Fsp3) is 1.00. The Morgan fingerprint density at radius 1 is 1.00 bits per heavy atom. The van der Waals surface area contributed by atoms with Crippen molar-refractivity contribution in [1.82, 2.24) is 0 Å². The van der Waals surface area contributed by atoms with Gasteiger partial charge >= 0.3 is 0 Å². The van der Waals surface area contributed by atoms with Crippen molar-refractivity contribution in [3.05, 3.63) is 0 Å². The maximum absolute atomic E-state index is 10.7. The van der Waals surface area contributed by atoms with Crippen LogP contribution in [0.2, 0.25) is 0 Å². The molecule has 0 saturated heterocycles. The van der Waals surface area contributed by atoms with Gasteiger partial charge in [0.1, 0.15) is 0 Å². The Morgan fingerprint density at radius 3 is 2.47 bits per heavy atom. The topological polar surface area (TPSA) is 20.2 Å². The zero-order valence-corrected chi connectivity index (χ0v) is 11.0. The Balaban J connectivity index is 1.50. The predicted octanol–water partition coefficient (Wildman–Crippen LogP) is 3.08. The molecular formula is C16H24O. The molecule has 0 radical (unpaired) electrons. The Hall–Kier alpha value is -0.0400. The van der Waals surface area contributed by atoms with E-state index >= 15 is 0 Å². The van der Waals surface area contributed by atoms with Gasteiger partial charge in [-0.15, -0.1) is 0 Å². The largest absolute Gasteiger partial charge is 0.390 e. The number of rotatable bonds is 1. The number of hydrogen-bond donors (Lipinski definition) is 1. The predicted molar refractivity (Wildman–Crippen MR) is 66.2 cm³/mol. The van der Waals surface area contributed by atoms with E-state index in [2.05, 4.69) is 13.8 Å². The molecule has 5 aliphatic rings. The van der Waals surface area contributed by atoms with Gasteiger partial charge in [-0.3, -0.25) is 0 Å². The van der Waals surface area contributed by atoms with Gasteiger partial charge in [-0.05, 0) is 78.9 Å². The molecule has 1 heteroatoms. The van der Waals surface area contributed by atoms with Crippen molar-refractivity contribution in [3.63, 3.8) is 0 Å². The average Bonchev–Trinajstić information content (AvgIpc) is 3.04. The van der Waals surface area contributed by atoms with E-state index < -0.39 is 0 Å². The molecule has 5 saturated carbocycles. The van der Waals surface area contributed by atoms with Crippen LogP contribution in [0.1, 0.15) is 46.0 Å². The summed E-state index contributed by atoms with van der Waals surface area (Å²) in [4.78, 5) is 0. The molecule has 0 heterocycles. The van der Waals surface area contributed by atoms with Gasteiger partial charge in [0.15, 0.2) is 0 Å². The van der Waals surface area contributed by atoms with Gasteiger partial charge in [0.2, 0.25) is 0 Å². The highest BCUT2D eigenvalue weighted by atomic mass is 16.3. The third-order valence-electron chi connectivity index (χ3n) is 7.61. The SMILES string of the molecule is CC(C)C1(O)CC2(C1)C1CC3CC3C2C2CC21. The quantitative estimate of drug-likeness (QED) is 0.736. The minimum absolute atomic E-state index is 0.297. The summed E-state index contributed by atoms with van der Waals surface area (Å²) in [6.45, 7) is 4.41. The Bertz CT molecular complexity index is 388. The van der Waals surface area contributed by atoms with Crippen LogP contribution in [0.25, 0.3) is 0 Å². The molecule has 5 aliphatic carbocycles. The van der Waals surface area contributed by atoms with Crippen LogP contribution in [-0.4, -0.2) is 10.7 Å². The standard InChI is InChI=1S/C16H24O/c1-8(2)16(17)6-15(7-16)13-4-9-3-10(9)14(15)12-5-11(12)13/h8-14,17H,3-7H2,1-2H3. The Labute approximate surface area is 104 Å². The van der Waals surface area contributed by atoms with Gasteiger partial charge < -0.3 is 5.11 Å². The second-order valence-electron chi connectivity index (χ2n) is 8.44. The zero-order chi connectivity index (χ0) is 11.6. The van der Waals surface area contributed by atoms with E-state index in [1.807, 2.05) is 0 Å². The number of aliphatic hydroxyl groups is 1. The van der Waals surface area contributed by atoms with Gasteiger partial charge in [-0.25, -0.2) is 0 Å². The number of hydrogen-bond acceptors (Lipinski definition) is 1. The Morgan fingerprint density at radius 2 is 1.76 bits per heavy atom. The molecule has 6 atom stereocenters. The summed E-state index contributed by atoms with van der Waals surface area (Å²) >= 11 is 0. The fourth-order valence-corrected chi connectivity index (χ4v) is 6.67.